The molecule has 3 N–H and O–H groups in total. The Kier molecular flexibility index (Phi) is 14.3. The number of hydrogen-bond donors (Lipinski definition) is 3. The molecule has 3 aromatic carbocycles. The lowest BCUT2D eigenvalue weighted by molar-refractivity contribution is -0.376. The van der Waals surface area contributed by atoms with Crippen molar-refractivity contribution in [3.8, 4) is 0 Å². The van der Waals surface area contributed by atoms with E-state index in [0.29, 0.717) is 35.6 Å². The van der Waals surface area contributed by atoms with Crippen molar-refractivity contribution >= 4 is 47.9 Å². The lowest BCUT2D eigenvalue weighted by Gasteiger charge is -2.33. The van der Waals surface area contributed by atoms with Gasteiger partial charge in [0.2, 0.25) is 5.91 Å². The predicted octanol–water partition coefficient (Wildman–Crippen LogP) is 8.45. The summed E-state index contributed by atoms with van der Waals surface area (Å²) in [6.07, 6.45) is -29.6. The molecule has 0 bridgehead atoms. The largest absolute Gasteiger partial charge is 0.430 e. The van der Waals surface area contributed by atoms with E-state index in [1.54, 1.807) is 0 Å². The normalized spacial score (nSPS) is 13.6. The van der Waals surface area contributed by atoms with Crippen LogP contribution in [0.5, 0.6) is 0 Å². The summed E-state index contributed by atoms with van der Waals surface area (Å²) in [5, 5.41) is 21.0. The molecule has 1 heterocycles. The summed E-state index contributed by atoms with van der Waals surface area (Å²) in [6, 6.07) is 8.66. The molecule has 28 heteroatoms. The summed E-state index contributed by atoms with van der Waals surface area (Å²) < 4.78 is 244. The molecule has 0 unspecified atom stereocenters. The second-order valence-electron chi connectivity index (χ2n) is 12.4. The van der Waals surface area contributed by atoms with Crippen LogP contribution in [0.25, 0.3) is 0 Å². The summed E-state index contributed by atoms with van der Waals surface area (Å²) in [4.78, 5) is 14.3. The van der Waals surface area contributed by atoms with E-state index >= 15 is 0 Å². The molecule has 0 radical (unpaired) electrons. The van der Waals surface area contributed by atoms with Crippen molar-refractivity contribution in [1.29, 1.82) is 0 Å². The Balaban J connectivity index is 0.000000325. The highest BCUT2D eigenvalue weighted by Gasteiger charge is 2.72. The van der Waals surface area contributed by atoms with Crippen molar-refractivity contribution in [3.05, 3.63) is 101 Å². The molecule has 1 aromatic heterocycles. The molecule has 338 valence electrons. The number of nitrogens with one attached hydrogen (secondary N) is 1. The molecule has 0 spiro atoms. The lowest BCUT2D eigenvalue weighted by atomic mass is 9.92. The van der Waals surface area contributed by atoms with E-state index < -0.39 is 102 Å². The lowest BCUT2D eigenvalue weighted by Crippen LogP contribution is -2.53. The van der Waals surface area contributed by atoms with Gasteiger partial charge in [-0.3, -0.25) is 9.10 Å². The van der Waals surface area contributed by atoms with Crippen LogP contribution in [-0.4, -0.2) is 75.4 Å². The SMILES string of the molecule is CC(=O)Nc1nc(C)c(S(=O)(=O)Cc2ccc(C(O)(C(F)(F)F)C(F)(F)F)cc2)s1.O=S(=O)(c1ccccc1)N(CC(F)(F)F)c1ccc(C(O)(C(F)(F)F)C(F)(F)F)cc1. The highest BCUT2D eigenvalue weighted by Crippen LogP contribution is 2.51. The number of carbonyl (C=O) groups excluding carboxylic acids is 1. The summed E-state index contributed by atoms with van der Waals surface area (Å²) >= 11 is 0.660. The molecule has 0 atom stereocenters. The van der Waals surface area contributed by atoms with Gasteiger partial charge in [0, 0.05) is 18.1 Å². The van der Waals surface area contributed by atoms with Gasteiger partial charge in [0.05, 0.1) is 22.0 Å². The Morgan fingerprint density at radius 2 is 1.08 bits per heavy atom. The molecule has 0 aliphatic carbocycles. The van der Waals surface area contributed by atoms with E-state index in [1.165, 1.54) is 32.0 Å². The fraction of sp³-hybridized carbons (Fsp3) is 0.333. The van der Waals surface area contributed by atoms with Gasteiger partial charge >= 0.3 is 30.9 Å². The topological polar surface area (TPSA) is 154 Å². The standard InChI is InChI=1S/C17H12F9NO3S.C16H14F6N2O4S2/c18-14(19,20)10-27(31(29,30)13-4-2-1-3-5-13)12-8-6-11(7-9-12)15(28,16(21,22)23)17(24,25)26;1-8-12(29-13(23-8)24-9(2)25)30(27,28)7-10-3-5-11(6-4-10)14(26,15(17,18)19)16(20,21)22/h1-9,28H,10H2;3-6,26H,7H2,1-2H3,(H,23,24,25). The number of nitrogens with zero attached hydrogens (tertiary/aromatic N) is 2. The number of anilines is 2. The number of alkyl halides is 15. The van der Waals surface area contributed by atoms with Crippen LogP contribution in [-0.2, 0) is 41.6 Å². The van der Waals surface area contributed by atoms with Crippen molar-refractivity contribution in [2.75, 3.05) is 16.2 Å². The number of aryl methyl sites for hydroxylation is 1. The first kappa shape index (κ1) is 50.7. The van der Waals surface area contributed by atoms with Gasteiger partial charge in [-0.25, -0.2) is 21.8 Å². The van der Waals surface area contributed by atoms with Crippen molar-refractivity contribution < 1.29 is 97.7 Å². The molecule has 4 aromatic rings. The van der Waals surface area contributed by atoms with Crippen LogP contribution in [0, 0.1) is 6.92 Å². The fourth-order valence-corrected chi connectivity index (χ4v) is 9.44. The van der Waals surface area contributed by atoms with Crippen molar-refractivity contribution in [1.82, 2.24) is 4.98 Å². The van der Waals surface area contributed by atoms with E-state index in [4.69, 9.17) is 0 Å². The van der Waals surface area contributed by atoms with Crippen LogP contribution < -0.4 is 9.62 Å². The average molecular weight is 958 g/mol. The number of rotatable bonds is 10. The Labute approximate surface area is 338 Å². The van der Waals surface area contributed by atoms with Crippen LogP contribution in [0.3, 0.4) is 0 Å². The van der Waals surface area contributed by atoms with Gasteiger partial charge in [-0.1, -0.05) is 65.9 Å². The highest BCUT2D eigenvalue weighted by molar-refractivity contribution is 7.93. The zero-order valence-corrected chi connectivity index (χ0v) is 32.6. The number of aromatic nitrogens is 1. The fourth-order valence-electron chi connectivity index (χ4n) is 5.04. The van der Waals surface area contributed by atoms with E-state index in [2.05, 4.69) is 10.3 Å². The molecule has 0 saturated heterocycles. The average Bonchev–Trinajstić information content (AvgIpc) is 3.48. The quantitative estimate of drug-likeness (QED) is 0.134. The minimum atomic E-state index is -6.21. The molecular formula is C33H26F15N3O7S3. The zero-order valence-electron chi connectivity index (χ0n) is 30.1. The summed E-state index contributed by atoms with van der Waals surface area (Å²) in [7, 11) is -8.95. The third kappa shape index (κ3) is 11.1. The van der Waals surface area contributed by atoms with E-state index in [9.17, 15) is 97.7 Å². The summed E-state index contributed by atoms with van der Waals surface area (Å²) in [5.74, 6) is -1.23. The van der Waals surface area contributed by atoms with Crippen LogP contribution in [0.4, 0.5) is 76.7 Å². The van der Waals surface area contributed by atoms with Gasteiger partial charge in [-0.05, 0) is 36.8 Å². The second-order valence-corrected chi connectivity index (χ2v) is 17.5. The second kappa shape index (κ2) is 17.2. The Hall–Kier alpha value is -4.67. The van der Waals surface area contributed by atoms with E-state index in [-0.39, 0.29) is 37.0 Å². The minimum absolute atomic E-state index is 0.0225. The van der Waals surface area contributed by atoms with E-state index in [1.807, 2.05) is 0 Å². The van der Waals surface area contributed by atoms with Crippen LogP contribution in [0.2, 0.25) is 0 Å². The number of thiazole rings is 1. The first-order valence-electron chi connectivity index (χ1n) is 15.9. The number of halogens is 15. The van der Waals surface area contributed by atoms with Gasteiger partial charge in [-0.2, -0.15) is 65.9 Å². The van der Waals surface area contributed by atoms with Crippen LogP contribution in [0.1, 0.15) is 29.3 Å². The van der Waals surface area contributed by atoms with Crippen LogP contribution >= 0.6 is 11.3 Å². The number of sulfone groups is 1. The molecule has 1 amide bonds. The molecule has 61 heavy (non-hydrogen) atoms. The molecule has 0 saturated carbocycles. The van der Waals surface area contributed by atoms with Crippen molar-refractivity contribution in [3.63, 3.8) is 0 Å². The molecular weight excluding hydrogens is 932 g/mol. The number of sulfonamides is 1. The number of hydrogen-bond acceptors (Lipinski definition) is 9. The molecule has 10 nitrogen and oxygen atoms in total. The summed E-state index contributed by atoms with van der Waals surface area (Å²) in [6.45, 7) is 0.451. The Morgan fingerprint density at radius 3 is 1.46 bits per heavy atom. The Morgan fingerprint density at radius 1 is 0.672 bits per heavy atom. The Bertz CT molecular complexity index is 2350. The maximum absolute atomic E-state index is 13.0. The third-order valence-corrected chi connectivity index (χ3v) is 13.2. The smallest absolute Gasteiger partial charge is 0.369 e. The maximum Gasteiger partial charge on any atom is 0.430 e. The third-order valence-electron chi connectivity index (χ3n) is 7.92. The number of benzene rings is 3. The van der Waals surface area contributed by atoms with Gasteiger partial charge in [0.15, 0.2) is 15.0 Å². The molecule has 0 fully saturated rings. The molecule has 0 aliphatic rings. The summed E-state index contributed by atoms with van der Waals surface area (Å²) in [5.41, 5.74) is -14.6. The van der Waals surface area contributed by atoms with Crippen molar-refractivity contribution in [2.45, 2.75) is 70.8 Å². The first-order valence-corrected chi connectivity index (χ1v) is 19.8. The number of carbonyl (C=O) groups is 1. The zero-order chi connectivity index (χ0) is 47.0. The number of amides is 1. The first-order chi connectivity index (χ1) is 27.4. The molecule has 4 rings (SSSR count). The van der Waals surface area contributed by atoms with Gasteiger partial charge in [-0.15, -0.1) is 0 Å². The number of aliphatic hydroxyl groups is 2. The van der Waals surface area contributed by atoms with Crippen LogP contribution in [0.15, 0.2) is 88.0 Å². The highest BCUT2D eigenvalue weighted by atomic mass is 32.2. The van der Waals surface area contributed by atoms with Crippen molar-refractivity contribution in [2.24, 2.45) is 0 Å². The monoisotopic (exact) mass is 957 g/mol. The minimum Gasteiger partial charge on any atom is -0.369 e. The van der Waals surface area contributed by atoms with E-state index in [0.717, 1.165) is 24.3 Å². The predicted molar refractivity (Wildman–Crippen MR) is 184 cm³/mol. The molecule has 0 aliphatic heterocycles. The van der Waals surface area contributed by atoms with Gasteiger partial charge in [0.25, 0.3) is 21.2 Å². The van der Waals surface area contributed by atoms with Gasteiger partial charge < -0.3 is 15.5 Å². The maximum atomic E-state index is 13.0. The van der Waals surface area contributed by atoms with Gasteiger partial charge in [0.1, 0.15) is 10.8 Å².